The third-order valence-electron chi connectivity index (χ3n) is 3.73. The number of benzene rings is 2. The van der Waals surface area contributed by atoms with Crippen molar-refractivity contribution in [3.63, 3.8) is 0 Å². The molecule has 0 bridgehead atoms. The van der Waals surface area contributed by atoms with Crippen LogP contribution in [0.4, 0.5) is 0 Å². The summed E-state index contributed by atoms with van der Waals surface area (Å²) < 4.78 is 0. The summed E-state index contributed by atoms with van der Waals surface area (Å²) in [4.78, 5) is 11.6. The van der Waals surface area contributed by atoms with Crippen LogP contribution in [0.5, 0.6) is 11.5 Å². The second-order valence-corrected chi connectivity index (χ2v) is 5.64. The van der Waals surface area contributed by atoms with Crippen LogP contribution in [-0.2, 0) is 4.79 Å². The van der Waals surface area contributed by atoms with Crippen LogP contribution in [0.3, 0.4) is 0 Å². The summed E-state index contributed by atoms with van der Waals surface area (Å²) in [7, 11) is 0. The van der Waals surface area contributed by atoms with Gasteiger partial charge in [0.25, 0.3) is 0 Å². The van der Waals surface area contributed by atoms with Gasteiger partial charge in [-0.1, -0.05) is 24.3 Å². The molecule has 2 rings (SSSR count). The van der Waals surface area contributed by atoms with Crippen molar-refractivity contribution in [3.05, 3.63) is 59.7 Å². The Hall–Kier alpha value is -2.49. The summed E-state index contributed by atoms with van der Waals surface area (Å²) in [5.74, 6) is -1.03. The minimum absolute atomic E-state index is 0.135. The quantitative estimate of drug-likeness (QED) is 0.805. The van der Waals surface area contributed by atoms with Crippen LogP contribution in [0.25, 0.3) is 0 Å². The molecule has 21 heavy (non-hydrogen) atoms. The first kappa shape index (κ1) is 14.9. The zero-order valence-corrected chi connectivity index (χ0v) is 11.9. The molecule has 110 valence electrons. The fraction of sp³-hybridized carbons (Fsp3) is 0.235. The molecule has 0 aromatic heterocycles. The molecule has 0 heterocycles. The lowest BCUT2D eigenvalue weighted by Gasteiger charge is -2.31. The molecule has 0 radical (unpaired) electrons. The first-order chi connectivity index (χ1) is 9.82. The summed E-state index contributed by atoms with van der Waals surface area (Å²) in [6.45, 7) is 3.33. The minimum Gasteiger partial charge on any atom is -0.508 e. The number of hydrogen-bond donors (Lipinski definition) is 3. The largest absolute Gasteiger partial charge is 0.508 e. The van der Waals surface area contributed by atoms with E-state index in [4.69, 9.17) is 0 Å². The van der Waals surface area contributed by atoms with Gasteiger partial charge in [-0.3, -0.25) is 4.79 Å². The Labute approximate surface area is 123 Å². The highest BCUT2D eigenvalue weighted by Crippen LogP contribution is 2.41. The number of aliphatic carboxylic acids is 1. The Balaban J connectivity index is 2.56. The topological polar surface area (TPSA) is 77.8 Å². The highest BCUT2D eigenvalue weighted by Gasteiger charge is 2.38. The average molecular weight is 286 g/mol. The third kappa shape index (κ3) is 2.99. The van der Waals surface area contributed by atoms with Gasteiger partial charge in [-0.25, -0.2) is 0 Å². The summed E-state index contributed by atoms with van der Waals surface area (Å²) in [6, 6.07) is 13.0. The van der Waals surface area contributed by atoms with Crippen LogP contribution in [-0.4, -0.2) is 21.3 Å². The molecule has 4 nitrogen and oxygen atoms in total. The Morgan fingerprint density at radius 2 is 1.19 bits per heavy atom. The van der Waals surface area contributed by atoms with Crippen molar-refractivity contribution in [1.29, 1.82) is 0 Å². The lowest BCUT2D eigenvalue weighted by Crippen LogP contribution is -2.32. The molecule has 0 saturated carbocycles. The summed E-state index contributed by atoms with van der Waals surface area (Å²) >= 11 is 0. The van der Waals surface area contributed by atoms with Gasteiger partial charge in [-0.2, -0.15) is 0 Å². The highest BCUT2D eigenvalue weighted by molar-refractivity contribution is 5.76. The number of carboxylic acids is 1. The number of carboxylic acid groups (broad SMARTS) is 1. The van der Waals surface area contributed by atoms with Crippen molar-refractivity contribution < 1.29 is 20.1 Å². The first-order valence-corrected chi connectivity index (χ1v) is 6.63. The molecule has 0 unspecified atom stereocenters. The van der Waals surface area contributed by atoms with E-state index >= 15 is 0 Å². The van der Waals surface area contributed by atoms with Crippen LogP contribution in [0.1, 0.15) is 30.9 Å². The zero-order valence-electron chi connectivity index (χ0n) is 11.9. The zero-order chi connectivity index (χ0) is 15.6. The number of rotatable bonds is 4. The number of phenols is 2. The molecule has 3 N–H and O–H groups in total. The number of hydrogen-bond acceptors (Lipinski definition) is 3. The molecular weight excluding hydrogens is 268 g/mol. The predicted molar refractivity (Wildman–Crippen MR) is 79.5 cm³/mol. The normalized spacial score (nSPS) is 11.6. The molecule has 2 aromatic rings. The molecule has 0 amide bonds. The van der Waals surface area contributed by atoms with Gasteiger partial charge in [0.05, 0.1) is 5.41 Å². The van der Waals surface area contributed by atoms with Crippen molar-refractivity contribution in [1.82, 2.24) is 0 Å². The average Bonchev–Trinajstić information content (AvgIpc) is 2.43. The Kier molecular flexibility index (Phi) is 3.89. The van der Waals surface area contributed by atoms with E-state index in [0.717, 1.165) is 11.1 Å². The smallest absolute Gasteiger partial charge is 0.310 e. The number of carbonyl (C=O) groups is 1. The molecule has 2 aromatic carbocycles. The van der Waals surface area contributed by atoms with Gasteiger partial charge < -0.3 is 15.3 Å². The van der Waals surface area contributed by atoms with Crippen LogP contribution in [0, 0.1) is 5.41 Å². The maximum Gasteiger partial charge on any atom is 0.310 e. The Bertz CT molecular complexity index is 581. The fourth-order valence-electron chi connectivity index (χ4n) is 2.48. The van der Waals surface area contributed by atoms with E-state index in [1.54, 1.807) is 62.4 Å². The van der Waals surface area contributed by atoms with Gasteiger partial charge in [0.15, 0.2) is 0 Å². The maximum atomic E-state index is 11.6. The standard InChI is InChI=1S/C17H18O4/c1-17(2,16(20)21)15(11-3-7-13(18)8-4-11)12-5-9-14(19)10-6-12/h3-10,15,18-19H,1-2H3,(H,20,21). The second kappa shape index (κ2) is 5.48. The number of aromatic hydroxyl groups is 2. The minimum atomic E-state index is -1.03. The summed E-state index contributed by atoms with van der Waals surface area (Å²) in [5, 5.41) is 28.4. The molecule has 0 saturated heterocycles. The first-order valence-electron chi connectivity index (χ1n) is 6.63. The summed E-state index contributed by atoms with van der Waals surface area (Å²) in [5.41, 5.74) is 0.560. The van der Waals surface area contributed by atoms with E-state index in [0.29, 0.717) is 0 Å². The van der Waals surface area contributed by atoms with Crippen molar-refractivity contribution in [2.45, 2.75) is 19.8 Å². The van der Waals surface area contributed by atoms with Gasteiger partial charge >= 0.3 is 5.97 Å². The van der Waals surface area contributed by atoms with Gasteiger partial charge in [0.2, 0.25) is 0 Å². The van der Waals surface area contributed by atoms with Gasteiger partial charge in [-0.05, 0) is 49.2 Å². The van der Waals surface area contributed by atoms with Gasteiger partial charge in [0.1, 0.15) is 11.5 Å². The summed E-state index contributed by atoms with van der Waals surface area (Å²) in [6.07, 6.45) is 0. The van der Waals surface area contributed by atoms with Gasteiger partial charge in [-0.15, -0.1) is 0 Å². The monoisotopic (exact) mass is 286 g/mol. The molecule has 0 aliphatic carbocycles. The SMILES string of the molecule is CC(C)(C(=O)O)C(c1ccc(O)cc1)c1ccc(O)cc1. The van der Waals surface area contributed by atoms with Gasteiger partial charge in [0, 0.05) is 5.92 Å². The van der Waals surface area contributed by atoms with Crippen LogP contribution < -0.4 is 0 Å². The van der Waals surface area contributed by atoms with E-state index in [-0.39, 0.29) is 11.5 Å². The third-order valence-corrected chi connectivity index (χ3v) is 3.73. The Morgan fingerprint density at radius 3 is 1.48 bits per heavy atom. The molecule has 0 aliphatic heterocycles. The number of phenolic OH excluding ortho intramolecular Hbond substituents is 2. The fourth-order valence-corrected chi connectivity index (χ4v) is 2.48. The molecule has 0 atom stereocenters. The lowest BCUT2D eigenvalue weighted by molar-refractivity contribution is -0.147. The molecule has 0 aliphatic rings. The van der Waals surface area contributed by atoms with Crippen molar-refractivity contribution >= 4 is 5.97 Å². The molecule has 0 fully saturated rings. The molecular formula is C17H18O4. The van der Waals surface area contributed by atoms with Crippen LogP contribution in [0.15, 0.2) is 48.5 Å². The highest BCUT2D eigenvalue weighted by atomic mass is 16.4. The molecule has 0 spiro atoms. The van der Waals surface area contributed by atoms with Crippen molar-refractivity contribution in [2.24, 2.45) is 5.41 Å². The van der Waals surface area contributed by atoms with E-state index in [1.807, 2.05) is 0 Å². The Morgan fingerprint density at radius 1 is 0.857 bits per heavy atom. The van der Waals surface area contributed by atoms with E-state index < -0.39 is 17.3 Å². The van der Waals surface area contributed by atoms with E-state index in [2.05, 4.69) is 0 Å². The second-order valence-electron chi connectivity index (χ2n) is 5.64. The predicted octanol–water partition coefficient (Wildman–Crippen LogP) is 3.34. The maximum absolute atomic E-state index is 11.6. The lowest BCUT2D eigenvalue weighted by atomic mass is 9.71. The van der Waals surface area contributed by atoms with Crippen LogP contribution in [0.2, 0.25) is 0 Å². The molecule has 4 heteroatoms. The van der Waals surface area contributed by atoms with E-state index in [9.17, 15) is 20.1 Å². The van der Waals surface area contributed by atoms with Crippen LogP contribution >= 0.6 is 0 Å². The van der Waals surface area contributed by atoms with Crippen molar-refractivity contribution in [2.75, 3.05) is 0 Å². The van der Waals surface area contributed by atoms with Crippen molar-refractivity contribution in [3.8, 4) is 11.5 Å². The van der Waals surface area contributed by atoms with E-state index in [1.165, 1.54) is 0 Å².